The van der Waals surface area contributed by atoms with Crippen LogP contribution in [-0.2, 0) is 14.3 Å². The van der Waals surface area contributed by atoms with Gasteiger partial charge in [-0.25, -0.2) is 0 Å². The molecule has 2 unspecified atom stereocenters. The molecule has 7 heteroatoms. The Hall–Kier alpha value is -1.63. The van der Waals surface area contributed by atoms with Crippen molar-refractivity contribution in [3.63, 3.8) is 0 Å². The molecule has 0 aromatic heterocycles. The highest BCUT2D eigenvalue weighted by atomic mass is 35.5. The monoisotopic (exact) mass is 351 g/mol. The van der Waals surface area contributed by atoms with Crippen molar-refractivity contribution in [1.82, 2.24) is 5.32 Å². The number of ether oxygens (including phenoxy) is 1. The lowest BCUT2D eigenvalue weighted by Crippen LogP contribution is -2.51. The third-order valence-corrected chi connectivity index (χ3v) is 4.99. The second kappa shape index (κ2) is 7.51. The molecule has 0 bridgehead atoms. The van der Waals surface area contributed by atoms with E-state index in [0.717, 1.165) is 18.5 Å². The van der Waals surface area contributed by atoms with Crippen LogP contribution in [0, 0.1) is 5.92 Å². The highest BCUT2D eigenvalue weighted by molar-refractivity contribution is 6.30. The zero-order valence-corrected chi connectivity index (χ0v) is 14.2. The van der Waals surface area contributed by atoms with Crippen molar-refractivity contribution < 1.29 is 14.3 Å². The molecular weight excluding hydrogens is 330 g/mol. The summed E-state index contributed by atoms with van der Waals surface area (Å²) in [6.07, 6.45) is 2.14. The third-order valence-electron chi connectivity index (χ3n) is 4.74. The zero-order chi connectivity index (χ0) is 17.1. The van der Waals surface area contributed by atoms with Crippen LogP contribution in [0.25, 0.3) is 0 Å². The van der Waals surface area contributed by atoms with Crippen molar-refractivity contribution in [2.45, 2.75) is 31.3 Å². The van der Waals surface area contributed by atoms with Gasteiger partial charge in [-0.05, 0) is 49.4 Å². The number of nitrogens with zero attached hydrogens (tertiary/aromatic N) is 1. The second-order valence-electron chi connectivity index (χ2n) is 6.29. The van der Waals surface area contributed by atoms with E-state index in [1.165, 1.54) is 0 Å². The topological polar surface area (TPSA) is 84.7 Å². The van der Waals surface area contributed by atoms with Crippen LogP contribution in [0.1, 0.15) is 19.3 Å². The van der Waals surface area contributed by atoms with Gasteiger partial charge in [0.15, 0.2) is 0 Å². The van der Waals surface area contributed by atoms with E-state index in [-0.39, 0.29) is 17.7 Å². The Morgan fingerprint density at radius 1 is 1.25 bits per heavy atom. The molecule has 1 aromatic carbocycles. The fourth-order valence-corrected chi connectivity index (χ4v) is 3.37. The lowest BCUT2D eigenvalue weighted by Gasteiger charge is -2.27. The molecule has 0 saturated carbocycles. The van der Waals surface area contributed by atoms with Gasteiger partial charge in [0.1, 0.15) is 6.04 Å². The molecule has 6 nitrogen and oxygen atoms in total. The summed E-state index contributed by atoms with van der Waals surface area (Å²) in [5.41, 5.74) is 6.86. The molecule has 1 aromatic rings. The highest BCUT2D eigenvalue weighted by Gasteiger charge is 2.36. The van der Waals surface area contributed by atoms with Gasteiger partial charge < -0.3 is 20.7 Å². The van der Waals surface area contributed by atoms with Gasteiger partial charge in [-0.3, -0.25) is 9.59 Å². The molecule has 130 valence electrons. The van der Waals surface area contributed by atoms with E-state index in [1.54, 1.807) is 29.2 Å². The minimum absolute atomic E-state index is 0.107. The van der Waals surface area contributed by atoms with Crippen molar-refractivity contribution in [2.24, 2.45) is 11.7 Å². The van der Waals surface area contributed by atoms with Gasteiger partial charge in [-0.15, -0.1) is 0 Å². The number of amides is 2. The number of nitrogens with one attached hydrogen (secondary N) is 1. The average Bonchev–Trinajstić information content (AvgIpc) is 2.96. The van der Waals surface area contributed by atoms with E-state index in [1.807, 2.05) is 0 Å². The van der Waals surface area contributed by atoms with Crippen molar-refractivity contribution in [3.05, 3.63) is 29.3 Å². The van der Waals surface area contributed by atoms with Gasteiger partial charge in [0, 0.05) is 30.5 Å². The molecule has 3 rings (SSSR count). The van der Waals surface area contributed by atoms with E-state index < -0.39 is 12.1 Å². The van der Waals surface area contributed by atoms with Crippen LogP contribution in [0.4, 0.5) is 5.69 Å². The van der Waals surface area contributed by atoms with Crippen LogP contribution in [0.3, 0.4) is 0 Å². The SMILES string of the molecule is NC(C(=O)NC1CCN(c2ccc(Cl)cc2)C1=O)C1CCOCC1. The molecule has 3 N–H and O–H groups in total. The lowest BCUT2D eigenvalue weighted by molar-refractivity contribution is -0.128. The quantitative estimate of drug-likeness (QED) is 0.856. The van der Waals surface area contributed by atoms with E-state index in [0.29, 0.717) is 31.2 Å². The molecular formula is C17H22ClN3O3. The Bertz CT molecular complexity index is 602. The smallest absolute Gasteiger partial charge is 0.249 e. The summed E-state index contributed by atoms with van der Waals surface area (Å²) < 4.78 is 5.29. The first-order valence-corrected chi connectivity index (χ1v) is 8.64. The Kier molecular flexibility index (Phi) is 5.38. The van der Waals surface area contributed by atoms with Crippen molar-refractivity contribution in [3.8, 4) is 0 Å². The molecule has 2 atom stereocenters. The molecule has 0 aliphatic carbocycles. The van der Waals surface area contributed by atoms with E-state index in [2.05, 4.69) is 5.32 Å². The maximum absolute atomic E-state index is 12.5. The summed E-state index contributed by atoms with van der Waals surface area (Å²) in [5, 5.41) is 3.44. The normalized spacial score (nSPS) is 23.3. The predicted molar refractivity (Wildman–Crippen MR) is 91.9 cm³/mol. The van der Waals surface area contributed by atoms with E-state index in [4.69, 9.17) is 22.1 Å². The number of halogens is 1. The number of rotatable bonds is 4. The molecule has 2 saturated heterocycles. The Balaban J connectivity index is 1.58. The Morgan fingerprint density at radius 2 is 1.92 bits per heavy atom. The second-order valence-corrected chi connectivity index (χ2v) is 6.73. The maximum atomic E-state index is 12.5. The van der Waals surface area contributed by atoms with E-state index in [9.17, 15) is 9.59 Å². The minimum atomic E-state index is -0.591. The van der Waals surface area contributed by atoms with Gasteiger partial charge in [-0.1, -0.05) is 11.6 Å². The highest BCUT2D eigenvalue weighted by Crippen LogP contribution is 2.24. The van der Waals surface area contributed by atoms with Gasteiger partial charge in [0.05, 0.1) is 6.04 Å². The van der Waals surface area contributed by atoms with E-state index >= 15 is 0 Å². The van der Waals surface area contributed by atoms with Gasteiger partial charge in [-0.2, -0.15) is 0 Å². The predicted octanol–water partition coefficient (Wildman–Crippen LogP) is 1.32. The molecule has 2 aliphatic rings. The number of benzene rings is 1. The fourth-order valence-electron chi connectivity index (χ4n) is 3.25. The fraction of sp³-hybridized carbons (Fsp3) is 0.529. The number of anilines is 1. The summed E-state index contributed by atoms with van der Waals surface area (Å²) in [5.74, 6) is -0.245. The van der Waals surface area contributed by atoms with Crippen LogP contribution in [0.15, 0.2) is 24.3 Å². The molecule has 2 heterocycles. The van der Waals surface area contributed by atoms with Crippen molar-refractivity contribution in [1.29, 1.82) is 0 Å². The first-order chi connectivity index (χ1) is 11.6. The number of hydrogen-bond acceptors (Lipinski definition) is 4. The van der Waals surface area contributed by atoms with Crippen LogP contribution in [0.5, 0.6) is 0 Å². The Morgan fingerprint density at radius 3 is 2.58 bits per heavy atom. The first kappa shape index (κ1) is 17.2. The maximum Gasteiger partial charge on any atom is 0.249 e. The Labute approximate surface area is 146 Å². The number of hydrogen-bond donors (Lipinski definition) is 2. The zero-order valence-electron chi connectivity index (χ0n) is 13.4. The van der Waals surface area contributed by atoms with Gasteiger partial charge >= 0.3 is 0 Å². The summed E-state index contributed by atoms with van der Waals surface area (Å²) >= 11 is 5.88. The molecule has 2 amide bonds. The molecule has 2 aliphatic heterocycles. The summed E-state index contributed by atoms with van der Waals surface area (Å²) in [4.78, 5) is 26.6. The number of carbonyl (C=O) groups excluding carboxylic acids is 2. The largest absolute Gasteiger partial charge is 0.381 e. The van der Waals surface area contributed by atoms with Crippen molar-refractivity contribution in [2.75, 3.05) is 24.7 Å². The van der Waals surface area contributed by atoms with Crippen LogP contribution < -0.4 is 16.0 Å². The molecule has 24 heavy (non-hydrogen) atoms. The number of nitrogens with two attached hydrogens (primary N) is 1. The minimum Gasteiger partial charge on any atom is -0.381 e. The first-order valence-electron chi connectivity index (χ1n) is 8.27. The van der Waals surface area contributed by atoms with Gasteiger partial charge in [0.25, 0.3) is 0 Å². The average molecular weight is 352 g/mol. The van der Waals surface area contributed by atoms with Crippen LogP contribution >= 0.6 is 11.6 Å². The summed E-state index contributed by atoms with van der Waals surface area (Å²) in [7, 11) is 0. The third kappa shape index (κ3) is 3.71. The lowest BCUT2D eigenvalue weighted by atomic mass is 9.91. The standard InChI is InChI=1S/C17H22ClN3O3/c18-12-1-3-13(4-2-12)21-8-5-14(17(21)23)20-16(22)15(19)11-6-9-24-10-7-11/h1-4,11,14-15H,5-10,19H2,(H,20,22). The van der Waals surface area contributed by atoms with Crippen LogP contribution in [-0.4, -0.2) is 43.7 Å². The summed E-state index contributed by atoms with van der Waals surface area (Å²) in [6, 6.07) is 6.00. The molecule has 0 spiro atoms. The number of carbonyl (C=O) groups is 2. The summed E-state index contributed by atoms with van der Waals surface area (Å²) in [6.45, 7) is 1.84. The molecule has 2 fully saturated rings. The van der Waals surface area contributed by atoms with Crippen molar-refractivity contribution >= 4 is 29.1 Å². The van der Waals surface area contributed by atoms with Crippen LogP contribution in [0.2, 0.25) is 5.02 Å². The van der Waals surface area contributed by atoms with Gasteiger partial charge in [0.2, 0.25) is 11.8 Å². The molecule has 0 radical (unpaired) electrons.